The van der Waals surface area contributed by atoms with Gasteiger partial charge in [-0.1, -0.05) is 67.1 Å². The molecule has 3 nitrogen and oxygen atoms in total. The third-order valence-electron chi connectivity index (χ3n) is 5.58. The zero-order valence-corrected chi connectivity index (χ0v) is 17.3. The van der Waals surface area contributed by atoms with Crippen molar-refractivity contribution in [2.24, 2.45) is 0 Å². The van der Waals surface area contributed by atoms with Crippen LogP contribution in [-0.2, 0) is 6.54 Å². The molecule has 1 unspecified atom stereocenters. The smallest absolute Gasteiger partial charge is 0.121 e. The number of H-pyrrole nitrogens is 1. The molecule has 0 saturated carbocycles. The normalized spacial score (nSPS) is 17.2. The highest BCUT2D eigenvalue weighted by Gasteiger charge is 2.24. The van der Waals surface area contributed by atoms with Crippen LogP contribution in [0.4, 0.5) is 0 Å². The first-order valence-corrected chi connectivity index (χ1v) is 9.54. The van der Waals surface area contributed by atoms with Crippen molar-refractivity contribution < 1.29 is 0 Å². The van der Waals surface area contributed by atoms with Gasteiger partial charge in [-0.15, -0.1) is 24.8 Å². The number of hydrogen-bond donors (Lipinski definition) is 1. The van der Waals surface area contributed by atoms with Crippen LogP contribution in [0, 0.1) is 0 Å². The zero-order valence-electron chi connectivity index (χ0n) is 15.7. The van der Waals surface area contributed by atoms with E-state index < -0.39 is 0 Å². The van der Waals surface area contributed by atoms with Gasteiger partial charge in [0.05, 0.1) is 17.6 Å². The lowest BCUT2D eigenvalue weighted by atomic mass is 9.95. The summed E-state index contributed by atoms with van der Waals surface area (Å²) >= 11 is 0. The average molecular weight is 414 g/mol. The second-order valence-electron chi connectivity index (χ2n) is 7.26. The molecule has 0 bridgehead atoms. The standard InChI is InChI=1S/C23H23N3.2ClH/c1-2-9-18(10-3-1)21-12-6-7-15-26(21)16-22-24-20-14-13-17-8-4-5-11-19(17)23(20)25-22;;/h1-5,8-11,13-14,21H,6-7,12,15-16H2,(H,24,25);2*1H. The first-order valence-electron chi connectivity index (χ1n) is 9.54. The summed E-state index contributed by atoms with van der Waals surface area (Å²) < 4.78 is 0. The van der Waals surface area contributed by atoms with Gasteiger partial charge in [-0.2, -0.15) is 0 Å². The molecule has 28 heavy (non-hydrogen) atoms. The summed E-state index contributed by atoms with van der Waals surface area (Å²) in [7, 11) is 0. The lowest BCUT2D eigenvalue weighted by molar-refractivity contribution is 0.137. The number of nitrogens with one attached hydrogen (secondary N) is 1. The Morgan fingerprint density at radius 1 is 0.893 bits per heavy atom. The molecule has 0 aliphatic carbocycles. The fraction of sp³-hybridized carbons (Fsp3) is 0.261. The van der Waals surface area contributed by atoms with Gasteiger partial charge < -0.3 is 4.98 Å². The van der Waals surface area contributed by atoms with Crippen LogP contribution in [0.25, 0.3) is 21.8 Å². The quantitative estimate of drug-likeness (QED) is 0.427. The van der Waals surface area contributed by atoms with Gasteiger partial charge in [0.15, 0.2) is 0 Å². The maximum absolute atomic E-state index is 4.97. The molecule has 1 aromatic heterocycles. The van der Waals surface area contributed by atoms with Crippen molar-refractivity contribution in [3.05, 3.63) is 78.1 Å². The van der Waals surface area contributed by atoms with E-state index in [2.05, 4.69) is 76.6 Å². The van der Waals surface area contributed by atoms with Crippen molar-refractivity contribution in [3.8, 4) is 0 Å². The van der Waals surface area contributed by atoms with Gasteiger partial charge >= 0.3 is 0 Å². The Labute approximate surface area is 178 Å². The molecule has 1 N–H and O–H groups in total. The van der Waals surface area contributed by atoms with Crippen molar-refractivity contribution in [3.63, 3.8) is 0 Å². The number of aromatic amines is 1. The largest absolute Gasteiger partial charge is 0.341 e. The number of rotatable bonds is 3. The maximum Gasteiger partial charge on any atom is 0.121 e. The first-order chi connectivity index (χ1) is 12.9. The van der Waals surface area contributed by atoms with Crippen LogP contribution in [-0.4, -0.2) is 21.4 Å². The van der Waals surface area contributed by atoms with E-state index in [0.717, 1.165) is 29.9 Å². The predicted molar refractivity (Wildman–Crippen MR) is 122 cm³/mol. The zero-order chi connectivity index (χ0) is 17.3. The Morgan fingerprint density at radius 3 is 2.54 bits per heavy atom. The Balaban J connectivity index is 0.00000112. The number of aromatic nitrogens is 2. The maximum atomic E-state index is 4.97. The molecule has 4 aromatic rings. The van der Waals surface area contributed by atoms with E-state index in [1.165, 1.54) is 35.6 Å². The number of hydrogen-bond acceptors (Lipinski definition) is 2. The Bertz CT molecular complexity index is 1050. The van der Waals surface area contributed by atoms with Gasteiger partial charge in [0.1, 0.15) is 5.82 Å². The molecule has 5 rings (SSSR count). The van der Waals surface area contributed by atoms with E-state index >= 15 is 0 Å². The first kappa shape index (κ1) is 20.7. The fourth-order valence-corrected chi connectivity index (χ4v) is 4.29. The highest BCUT2D eigenvalue weighted by Crippen LogP contribution is 2.32. The average Bonchev–Trinajstić information content (AvgIpc) is 3.12. The molecule has 3 aromatic carbocycles. The second-order valence-corrected chi connectivity index (χ2v) is 7.26. The second kappa shape index (κ2) is 8.95. The third kappa shape index (κ3) is 3.88. The number of halogens is 2. The minimum atomic E-state index is 0. The van der Waals surface area contributed by atoms with Crippen molar-refractivity contribution in [2.45, 2.75) is 31.8 Å². The van der Waals surface area contributed by atoms with Gasteiger partial charge in [0.25, 0.3) is 0 Å². The summed E-state index contributed by atoms with van der Waals surface area (Å²) in [6.45, 7) is 2.01. The number of fused-ring (bicyclic) bond motifs is 3. The van der Waals surface area contributed by atoms with E-state index in [9.17, 15) is 0 Å². The minimum absolute atomic E-state index is 0. The van der Waals surface area contributed by atoms with E-state index in [4.69, 9.17) is 4.98 Å². The van der Waals surface area contributed by atoms with Crippen molar-refractivity contribution in [2.75, 3.05) is 6.54 Å². The van der Waals surface area contributed by atoms with Crippen LogP contribution in [0.1, 0.15) is 36.7 Å². The Morgan fingerprint density at radius 2 is 1.68 bits per heavy atom. The van der Waals surface area contributed by atoms with Gasteiger partial charge in [-0.25, -0.2) is 4.98 Å². The molecule has 5 heteroatoms. The number of imidazole rings is 1. The molecule has 0 amide bonds. The predicted octanol–water partition coefficient (Wildman–Crippen LogP) is 6.29. The number of piperidine rings is 1. The van der Waals surface area contributed by atoms with Crippen LogP contribution in [0.2, 0.25) is 0 Å². The molecule has 1 fully saturated rings. The van der Waals surface area contributed by atoms with E-state index in [-0.39, 0.29) is 24.8 Å². The summed E-state index contributed by atoms with van der Waals surface area (Å²) in [5.41, 5.74) is 3.65. The van der Waals surface area contributed by atoms with Crippen LogP contribution in [0.15, 0.2) is 66.7 Å². The van der Waals surface area contributed by atoms with Gasteiger partial charge in [0.2, 0.25) is 0 Å². The SMILES string of the molecule is Cl.Cl.c1ccc(C2CCCCN2Cc2nc3c(ccc4ccccc43)[nH]2)cc1. The summed E-state index contributed by atoms with van der Waals surface area (Å²) in [6, 6.07) is 24.2. The monoisotopic (exact) mass is 413 g/mol. The van der Waals surface area contributed by atoms with Crippen LogP contribution < -0.4 is 0 Å². The highest BCUT2D eigenvalue weighted by atomic mass is 35.5. The van der Waals surface area contributed by atoms with E-state index in [0.29, 0.717) is 6.04 Å². The van der Waals surface area contributed by atoms with Gasteiger partial charge in [-0.05, 0) is 36.4 Å². The Kier molecular flexibility index (Phi) is 6.61. The third-order valence-corrected chi connectivity index (χ3v) is 5.58. The summed E-state index contributed by atoms with van der Waals surface area (Å²) in [4.78, 5) is 11.1. The molecule has 1 aliphatic heterocycles. The lowest BCUT2D eigenvalue weighted by Crippen LogP contribution is -2.33. The topological polar surface area (TPSA) is 31.9 Å². The lowest BCUT2D eigenvalue weighted by Gasteiger charge is -2.35. The van der Waals surface area contributed by atoms with Gasteiger partial charge in [0, 0.05) is 11.4 Å². The number of nitrogens with zero attached hydrogens (tertiary/aromatic N) is 2. The van der Waals surface area contributed by atoms with Crippen LogP contribution >= 0.6 is 24.8 Å². The number of likely N-dealkylation sites (tertiary alicyclic amines) is 1. The fourth-order valence-electron chi connectivity index (χ4n) is 4.29. The molecule has 1 atom stereocenters. The van der Waals surface area contributed by atoms with Crippen molar-refractivity contribution in [1.82, 2.24) is 14.9 Å². The van der Waals surface area contributed by atoms with E-state index in [1.54, 1.807) is 0 Å². The molecule has 1 aliphatic rings. The minimum Gasteiger partial charge on any atom is -0.341 e. The molecular weight excluding hydrogens is 389 g/mol. The highest BCUT2D eigenvalue weighted by molar-refractivity contribution is 6.04. The molecule has 0 radical (unpaired) electrons. The van der Waals surface area contributed by atoms with Crippen molar-refractivity contribution >= 4 is 46.6 Å². The number of benzene rings is 3. The summed E-state index contributed by atoms with van der Waals surface area (Å²) in [5, 5.41) is 2.48. The molecule has 146 valence electrons. The molecular formula is C23H25Cl2N3. The summed E-state index contributed by atoms with van der Waals surface area (Å²) in [6.07, 6.45) is 3.81. The van der Waals surface area contributed by atoms with Crippen LogP contribution in [0.5, 0.6) is 0 Å². The molecule has 0 spiro atoms. The molecule has 2 heterocycles. The van der Waals surface area contributed by atoms with Crippen molar-refractivity contribution in [1.29, 1.82) is 0 Å². The Hall–Kier alpha value is -2.07. The van der Waals surface area contributed by atoms with Crippen LogP contribution in [0.3, 0.4) is 0 Å². The summed E-state index contributed by atoms with van der Waals surface area (Å²) in [5.74, 6) is 1.07. The van der Waals surface area contributed by atoms with Gasteiger partial charge in [-0.3, -0.25) is 4.90 Å². The van der Waals surface area contributed by atoms with E-state index in [1.807, 2.05) is 0 Å². The molecule has 1 saturated heterocycles.